The van der Waals surface area contributed by atoms with Crippen LogP contribution in [0.25, 0.3) is 0 Å². The smallest absolute Gasteiger partial charge is 0.261 e. The SMILES string of the molecule is O=C(NCCNC(=O)C1CCCCC1)c1ccccc1NS(=O)(=O)c1ccc(Cl)cc1. The Labute approximate surface area is 187 Å². The molecule has 0 radical (unpaired) electrons. The summed E-state index contributed by atoms with van der Waals surface area (Å²) in [6.07, 6.45) is 5.18. The van der Waals surface area contributed by atoms with Crippen LogP contribution in [0.15, 0.2) is 53.4 Å². The average molecular weight is 464 g/mol. The summed E-state index contributed by atoms with van der Waals surface area (Å²) in [7, 11) is -3.88. The lowest BCUT2D eigenvalue weighted by Gasteiger charge is -2.20. The summed E-state index contributed by atoms with van der Waals surface area (Å²) < 4.78 is 27.7. The van der Waals surface area contributed by atoms with Crippen LogP contribution >= 0.6 is 11.6 Å². The van der Waals surface area contributed by atoms with Crippen molar-refractivity contribution in [1.29, 1.82) is 0 Å². The van der Waals surface area contributed by atoms with Gasteiger partial charge in [-0.2, -0.15) is 0 Å². The quantitative estimate of drug-likeness (QED) is 0.520. The highest BCUT2D eigenvalue weighted by Gasteiger charge is 2.21. The minimum absolute atomic E-state index is 0.0325. The Morgan fingerprint density at radius 1 is 0.903 bits per heavy atom. The molecule has 3 N–H and O–H groups in total. The molecule has 0 spiro atoms. The number of carbonyl (C=O) groups excluding carboxylic acids is 2. The van der Waals surface area contributed by atoms with Crippen molar-refractivity contribution in [3.63, 3.8) is 0 Å². The number of sulfonamides is 1. The van der Waals surface area contributed by atoms with Crippen molar-refractivity contribution in [2.24, 2.45) is 5.92 Å². The summed E-state index contributed by atoms with van der Waals surface area (Å²) in [6.45, 7) is 0.565. The van der Waals surface area contributed by atoms with Crippen molar-refractivity contribution >= 4 is 39.1 Å². The maximum absolute atomic E-state index is 12.6. The van der Waals surface area contributed by atoms with E-state index in [9.17, 15) is 18.0 Å². The molecule has 0 aromatic heterocycles. The number of benzene rings is 2. The van der Waals surface area contributed by atoms with Crippen molar-refractivity contribution in [1.82, 2.24) is 10.6 Å². The fourth-order valence-electron chi connectivity index (χ4n) is 3.55. The van der Waals surface area contributed by atoms with Gasteiger partial charge in [0.25, 0.3) is 15.9 Å². The van der Waals surface area contributed by atoms with Gasteiger partial charge < -0.3 is 10.6 Å². The lowest BCUT2D eigenvalue weighted by molar-refractivity contribution is -0.125. The highest BCUT2D eigenvalue weighted by atomic mass is 35.5. The average Bonchev–Trinajstić information content (AvgIpc) is 2.77. The summed E-state index contributed by atoms with van der Waals surface area (Å²) in [5.74, 6) is -0.334. The molecule has 166 valence electrons. The van der Waals surface area contributed by atoms with E-state index < -0.39 is 15.9 Å². The normalized spacial score (nSPS) is 14.6. The number of hydrogen-bond donors (Lipinski definition) is 3. The van der Waals surface area contributed by atoms with Crippen LogP contribution in [0, 0.1) is 5.92 Å². The van der Waals surface area contributed by atoms with E-state index in [1.807, 2.05) is 0 Å². The Balaban J connectivity index is 1.57. The first kappa shape index (κ1) is 23.1. The maximum atomic E-state index is 12.6. The van der Waals surface area contributed by atoms with Gasteiger partial charge in [-0.1, -0.05) is 43.0 Å². The second kappa shape index (κ2) is 10.6. The molecular weight excluding hydrogens is 438 g/mol. The molecule has 2 aromatic carbocycles. The molecule has 0 saturated heterocycles. The van der Waals surface area contributed by atoms with E-state index in [0.717, 1.165) is 25.7 Å². The molecule has 0 atom stereocenters. The Hall–Kier alpha value is -2.58. The molecular formula is C22H26ClN3O4S. The first-order valence-corrected chi connectivity index (χ1v) is 12.2. The van der Waals surface area contributed by atoms with Crippen molar-refractivity contribution in [3.05, 3.63) is 59.1 Å². The Kier molecular flexibility index (Phi) is 7.92. The Bertz CT molecular complexity index is 1020. The van der Waals surface area contributed by atoms with Gasteiger partial charge in [-0.25, -0.2) is 8.42 Å². The minimum atomic E-state index is -3.88. The van der Waals surface area contributed by atoms with Crippen LogP contribution in [0.1, 0.15) is 42.5 Å². The lowest BCUT2D eigenvalue weighted by atomic mass is 9.89. The van der Waals surface area contributed by atoms with Gasteiger partial charge in [-0.3, -0.25) is 14.3 Å². The van der Waals surface area contributed by atoms with Crippen LogP contribution in [-0.4, -0.2) is 33.3 Å². The number of amides is 2. The zero-order valence-electron chi connectivity index (χ0n) is 17.1. The Morgan fingerprint density at radius 2 is 1.55 bits per heavy atom. The van der Waals surface area contributed by atoms with Crippen LogP contribution in [0.4, 0.5) is 5.69 Å². The summed E-state index contributed by atoms with van der Waals surface area (Å²) >= 11 is 5.82. The van der Waals surface area contributed by atoms with E-state index >= 15 is 0 Å². The fraction of sp³-hybridized carbons (Fsp3) is 0.364. The van der Waals surface area contributed by atoms with Crippen LogP contribution in [-0.2, 0) is 14.8 Å². The van der Waals surface area contributed by atoms with E-state index in [2.05, 4.69) is 15.4 Å². The Morgan fingerprint density at radius 3 is 2.26 bits per heavy atom. The standard InChI is InChI=1S/C22H26ClN3O4S/c23-17-10-12-18(13-11-17)31(29,30)26-20-9-5-4-8-19(20)22(28)25-15-14-24-21(27)16-6-2-1-3-7-16/h4-5,8-13,16,26H,1-3,6-7,14-15H2,(H,24,27)(H,25,28). The van der Waals surface area contributed by atoms with Crippen LogP contribution in [0.5, 0.6) is 0 Å². The third-order valence-electron chi connectivity index (χ3n) is 5.23. The number of anilines is 1. The molecule has 0 aliphatic heterocycles. The van der Waals surface area contributed by atoms with Gasteiger partial charge >= 0.3 is 0 Å². The molecule has 0 bridgehead atoms. The molecule has 0 heterocycles. The van der Waals surface area contributed by atoms with Crippen LogP contribution in [0.3, 0.4) is 0 Å². The number of halogens is 1. The van der Waals surface area contributed by atoms with Gasteiger partial charge in [0.15, 0.2) is 0 Å². The fourth-order valence-corrected chi connectivity index (χ4v) is 4.76. The molecule has 1 fully saturated rings. The molecule has 9 heteroatoms. The third kappa shape index (κ3) is 6.45. The third-order valence-corrected chi connectivity index (χ3v) is 6.86. The molecule has 1 aliphatic carbocycles. The van der Waals surface area contributed by atoms with E-state index in [0.29, 0.717) is 11.6 Å². The topological polar surface area (TPSA) is 104 Å². The molecule has 31 heavy (non-hydrogen) atoms. The largest absolute Gasteiger partial charge is 0.354 e. The van der Waals surface area contributed by atoms with Gasteiger partial charge in [-0.15, -0.1) is 0 Å². The molecule has 1 aliphatic rings. The van der Waals surface area contributed by atoms with E-state index in [1.54, 1.807) is 12.1 Å². The second-order valence-electron chi connectivity index (χ2n) is 7.49. The lowest BCUT2D eigenvalue weighted by Crippen LogP contribution is -2.38. The summed E-state index contributed by atoms with van der Waals surface area (Å²) in [5.41, 5.74) is 0.361. The predicted molar refractivity (Wildman–Crippen MR) is 121 cm³/mol. The van der Waals surface area contributed by atoms with Gasteiger partial charge in [0.2, 0.25) is 5.91 Å². The highest BCUT2D eigenvalue weighted by Crippen LogP contribution is 2.23. The molecule has 2 amide bonds. The van der Waals surface area contributed by atoms with Crippen LogP contribution < -0.4 is 15.4 Å². The summed E-state index contributed by atoms with van der Waals surface area (Å²) in [5, 5.41) is 6.01. The molecule has 1 saturated carbocycles. The molecule has 3 rings (SSSR count). The molecule has 7 nitrogen and oxygen atoms in total. The first-order chi connectivity index (χ1) is 14.9. The van der Waals surface area contributed by atoms with E-state index in [1.165, 1.54) is 42.8 Å². The van der Waals surface area contributed by atoms with Crippen molar-refractivity contribution in [2.45, 2.75) is 37.0 Å². The number of para-hydroxylation sites is 1. The van der Waals surface area contributed by atoms with Gasteiger partial charge in [-0.05, 0) is 49.2 Å². The van der Waals surface area contributed by atoms with Gasteiger partial charge in [0, 0.05) is 24.0 Å². The van der Waals surface area contributed by atoms with Crippen molar-refractivity contribution in [2.75, 3.05) is 17.8 Å². The summed E-state index contributed by atoms with van der Waals surface area (Å²) in [6, 6.07) is 12.1. The molecule has 0 unspecified atom stereocenters. The zero-order chi connectivity index (χ0) is 22.3. The van der Waals surface area contributed by atoms with E-state index in [4.69, 9.17) is 11.6 Å². The highest BCUT2D eigenvalue weighted by molar-refractivity contribution is 7.92. The van der Waals surface area contributed by atoms with E-state index in [-0.39, 0.29) is 34.5 Å². The number of carbonyl (C=O) groups is 2. The number of nitrogens with one attached hydrogen (secondary N) is 3. The summed E-state index contributed by atoms with van der Waals surface area (Å²) in [4.78, 5) is 24.8. The monoisotopic (exact) mass is 463 g/mol. The zero-order valence-corrected chi connectivity index (χ0v) is 18.6. The van der Waals surface area contributed by atoms with Crippen molar-refractivity contribution in [3.8, 4) is 0 Å². The van der Waals surface area contributed by atoms with Gasteiger partial charge in [0.05, 0.1) is 16.1 Å². The first-order valence-electron chi connectivity index (χ1n) is 10.3. The number of hydrogen-bond acceptors (Lipinski definition) is 4. The predicted octanol–water partition coefficient (Wildman–Crippen LogP) is 3.57. The second-order valence-corrected chi connectivity index (χ2v) is 9.61. The maximum Gasteiger partial charge on any atom is 0.261 e. The van der Waals surface area contributed by atoms with Crippen LogP contribution in [0.2, 0.25) is 5.02 Å². The number of rotatable bonds is 8. The van der Waals surface area contributed by atoms with Crippen molar-refractivity contribution < 1.29 is 18.0 Å². The minimum Gasteiger partial charge on any atom is -0.354 e. The van der Waals surface area contributed by atoms with Gasteiger partial charge in [0.1, 0.15) is 0 Å². The molecule has 2 aromatic rings.